The summed E-state index contributed by atoms with van der Waals surface area (Å²) in [4.78, 5) is 8.78. The van der Waals surface area contributed by atoms with Crippen molar-refractivity contribution in [2.75, 3.05) is 18.5 Å². The molecule has 0 spiro atoms. The number of rotatable bonds is 8. The number of unbranched alkanes of at least 4 members (excludes halogenated alkanes) is 2. The van der Waals surface area contributed by atoms with Gasteiger partial charge in [-0.1, -0.05) is 26.7 Å². The summed E-state index contributed by atoms with van der Waals surface area (Å²) in [5.74, 6) is 1.44. The Morgan fingerprint density at radius 2 is 2.16 bits per heavy atom. The topological polar surface area (TPSA) is 51.5 Å². The Balaban J connectivity index is 2.12. The fourth-order valence-electron chi connectivity index (χ4n) is 1.86. The van der Waals surface area contributed by atoms with Crippen molar-refractivity contribution in [3.8, 4) is 5.88 Å². The van der Waals surface area contributed by atoms with Crippen LogP contribution in [0.2, 0.25) is 0 Å². The van der Waals surface area contributed by atoms with Gasteiger partial charge in [0.25, 0.3) is 5.88 Å². The van der Waals surface area contributed by atoms with Gasteiger partial charge in [0.15, 0.2) is 0 Å². The maximum Gasteiger partial charge on any atom is 0.260 e. The molecule has 0 aromatic carbocycles. The molecule has 0 aliphatic carbocycles. The van der Waals surface area contributed by atoms with Gasteiger partial charge in [0.1, 0.15) is 5.82 Å². The average molecular weight is 262 g/mol. The van der Waals surface area contributed by atoms with Crippen LogP contribution in [0.15, 0.2) is 18.6 Å². The molecule has 104 valence electrons. The number of anilines is 1. The minimum Gasteiger partial charge on any atom is -0.475 e. The van der Waals surface area contributed by atoms with E-state index in [1.54, 1.807) is 6.20 Å². The normalized spacial score (nSPS) is 10.8. The lowest BCUT2D eigenvalue weighted by Crippen LogP contribution is -2.07. The van der Waals surface area contributed by atoms with Gasteiger partial charge in [-0.3, -0.25) is 4.40 Å². The number of nitrogens with one attached hydrogen (secondary N) is 1. The molecule has 2 heterocycles. The first kappa shape index (κ1) is 13.6. The van der Waals surface area contributed by atoms with E-state index in [9.17, 15) is 0 Å². The fourth-order valence-corrected chi connectivity index (χ4v) is 1.86. The summed E-state index contributed by atoms with van der Waals surface area (Å²) in [7, 11) is 0. The molecule has 0 aliphatic rings. The average Bonchev–Trinajstić information content (AvgIpc) is 2.89. The molecule has 0 bridgehead atoms. The molecule has 0 fully saturated rings. The maximum absolute atomic E-state index is 5.77. The molecule has 2 rings (SSSR count). The number of ether oxygens (including phenoxy) is 1. The SMILES string of the molecule is CCCCCOc1nc(NCCC)cn2ccnc12. The van der Waals surface area contributed by atoms with Crippen molar-refractivity contribution in [2.24, 2.45) is 0 Å². The van der Waals surface area contributed by atoms with E-state index in [1.165, 1.54) is 12.8 Å². The molecule has 0 radical (unpaired) electrons. The second kappa shape index (κ2) is 6.97. The highest BCUT2D eigenvalue weighted by Gasteiger charge is 2.08. The Kier molecular flexibility index (Phi) is 5.01. The molecule has 0 saturated carbocycles. The van der Waals surface area contributed by atoms with Gasteiger partial charge in [-0.25, -0.2) is 4.98 Å². The lowest BCUT2D eigenvalue weighted by atomic mass is 10.3. The van der Waals surface area contributed by atoms with E-state index in [0.29, 0.717) is 12.5 Å². The van der Waals surface area contributed by atoms with E-state index in [4.69, 9.17) is 4.74 Å². The van der Waals surface area contributed by atoms with Crippen molar-refractivity contribution in [1.29, 1.82) is 0 Å². The summed E-state index contributed by atoms with van der Waals surface area (Å²) < 4.78 is 7.71. The first-order valence-electron chi connectivity index (χ1n) is 7.05. The Morgan fingerprint density at radius 1 is 1.26 bits per heavy atom. The predicted molar refractivity (Wildman–Crippen MR) is 76.8 cm³/mol. The van der Waals surface area contributed by atoms with Gasteiger partial charge in [0.2, 0.25) is 5.65 Å². The molecule has 0 aliphatic heterocycles. The van der Waals surface area contributed by atoms with Crippen LogP contribution in [0.4, 0.5) is 5.82 Å². The molecular weight excluding hydrogens is 240 g/mol. The fraction of sp³-hybridized carbons (Fsp3) is 0.571. The Hall–Kier alpha value is -1.78. The van der Waals surface area contributed by atoms with E-state index < -0.39 is 0 Å². The van der Waals surface area contributed by atoms with Crippen LogP contribution in [-0.2, 0) is 0 Å². The van der Waals surface area contributed by atoms with Crippen molar-refractivity contribution < 1.29 is 4.74 Å². The molecule has 19 heavy (non-hydrogen) atoms. The maximum atomic E-state index is 5.77. The van der Waals surface area contributed by atoms with Crippen LogP contribution < -0.4 is 10.1 Å². The van der Waals surface area contributed by atoms with Crippen LogP contribution in [0.1, 0.15) is 39.5 Å². The summed E-state index contributed by atoms with van der Waals surface area (Å²) in [6.07, 6.45) is 10.1. The largest absolute Gasteiger partial charge is 0.475 e. The van der Waals surface area contributed by atoms with Gasteiger partial charge in [0, 0.05) is 18.9 Å². The Labute approximate surface area is 114 Å². The highest BCUT2D eigenvalue weighted by atomic mass is 16.5. The first-order valence-corrected chi connectivity index (χ1v) is 7.05. The highest BCUT2D eigenvalue weighted by molar-refractivity contribution is 5.53. The summed E-state index contributed by atoms with van der Waals surface area (Å²) in [5, 5.41) is 3.28. The van der Waals surface area contributed by atoms with E-state index in [2.05, 4.69) is 29.1 Å². The lowest BCUT2D eigenvalue weighted by molar-refractivity contribution is 0.297. The van der Waals surface area contributed by atoms with Crippen molar-refractivity contribution in [2.45, 2.75) is 39.5 Å². The van der Waals surface area contributed by atoms with Gasteiger partial charge in [-0.15, -0.1) is 0 Å². The molecule has 0 unspecified atom stereocenters. The van der Waals surface area contributed by atoms with Crippen molar-refractivity contribution >= 4 is 11.5 Å². The summed E-state index contributed by atoms with van der Waals surface area (Å²) in [6.45, 7) is 5.91. The predicted octanol–water partition coefficient (Wildman–Crippen LogP) is 3.12. The minimum atomic E-state index is 0.613. The molecule has 2 aromatic heterocycles. The summed E-state index contributed by atoms with van der Waals surface area (Å²) in [6, 6.07) is 0. The highest BCUT2D eigenvalue weighted by Crippen LogP contribution is 2.19. The monoisotopic (exact) mass is 262 g/mol. The van der Waals surface area contributed by atoms with Crippen LogP contribution in [0.5, 0.6) is 5.88 Å². The van der Waals surface area contributed by atoms with Crippen LogP contribution in [-0.4, -0.2) is 27.5 Å². The summed E-state index contributed by atoms with van der Waals surface area (Å²) in [5.41, 5.74) is 0.776. The molecule has 1 N–H and O–H groups in total. The first-order chi connectivity index (χ1) is 9.35. The van der Waals surface area contributed by atoms with Crippen molar-refractivity contribution in [3.05, 3.63) is 18.6 Å². The third-order valence-electron chi connectivity index (χ3n) is 2.89. The third-order valence-corrected chi connectivity index (χ3v) is 2.89. The second-order valence-corrected chi connectivity index (χ2v) is 4.57. The molecule has 2 aromatic rings. The van der Waals surface area contributed by atoms with E-state index in [0.717, 1.165) is 30.9 Å². The molecule has 0 atom stereocenters. The molecular formula is C14H22N4O. The van der Waals surface area contributed by atoms with Crippen LogP contribution >= 0.6 is 0 Å². The number of fused-ring (bicyclic) bond motifs is 1. The number of hydrogen-bond acceptors (Lipinski definition) is 4. The molecule has 5 nitrogen and oxygen atoms in total. The number of aromatic nitrogens is 3. The Morgan fingerprint density at radius 3 is 2.95 bits per heavy atom. The second-order valence-electron chi connectivity index (χ2n) is 4.57. The van der Waals surface area contributed by atoms with Gasteiger partial charge < -0.3 is 10.1 Å². The minimum absolute atomic E-state index is 0.613. The van der Waals surface area contributed by atoms with Gasteiger partial charge in [0.05, 0.1) is 12.8 Å². The van der Waals surface area contributed by atoms with Crippen molar-refractivity contribution in [3.63, 3.8) is 0 Å². The zero-order chi connectivity index (χ0) is 13.5. The van der Waals surface area contributed by atoms with Gasteiger partial charge in [-0.2, -0.15) is 4.98 Å². The smallest absolute Gasteiger partial charge is 0.260 e. The number of hydrogen-bond donors (Lipinski definition) is 1. The van der Waals surface area contributed by atoms with Crippen LogP contribution in [0.25, 0.3) is 5.65 Å². The quantitative estimate of drug-likeness (QED) is 0.743. The summed E-state index contributed by atoms with van der Waals surface area (Å²) >= 11 is 0. The van der Waals surface area contributed by atoms with E-state index in [1.807, 2.05) is 16.8 Å². The van der Waals surface area contributed by atoms with E-state index >= 15 is 0 Å². The number of nitrogens with zero attached hydrogens (tertiary/aromatic N) is 3. The molecule has 0 amide bonds. The zero-order valence-corrected chi connectivity index (χ0v) is 11.7. The standard InChI is InChI=1S/C14H22N4O/c1-3-5-6-10-19-14-13-16-8-9-18(13)11-12(17-14)15-7-4-2/h8-9,11,15H,3-7,10H2,1-2H3. The lowest BCUT2D eigenvalue weighted by Gasteiger charge is -2.09. The van der Waals surface area contributed by atoms with E-state index in [-0.39, 0.29) is 0 Å². The Bertz CT molecular complexity index is 509. The van der Waals surface area contributed by atoms with Gasteiger partial charge >= 0.3 is 0 Å². The van der Waals surface area contributed by atoms with Crippen molar-refractivity contribution in [1.82, 2.24) is 14.4 Å². The molecule has 5 heteroatoms. The zero-order valence-electron chi connectivity index (χ0n) is 11.7. The van der Waals surface area contributed by atoms with Crippen LogP contribution in [0, 0.1) is 0 Å². The van der Waals surface area contributed by atoms with Crippen LogP contribution in [0.3, 0.4) is 0 Å². The van der Waals surface area contributed by atoms with Gasteiger partial charge in [-0.05, 0) is 12.8 Å². The number of imidazole rings is 1. The molecule has 0 saturated heterocycles. The third kappa shape index (κ3) is 3.59.